The number of benzene rings is 2. The van der Waals surface area contributed by atoms with E-state index in [1.807, 2.05) is 42.5 Å². The van der Waals surface area contributed by atoms with Crippen LogP contribution in [0.5, 0.6) is 0 Å². The Morgan fingerprint density at radius 1 is 1.02 bits per heavy atom. The second-order valence-electron chi connectivity index (χ2n) is 12.7. The smallest absolute Gasteiger partial charge is 0.243 e. The summed E-state index contributed by atoms with van der Waals surface area (Å²) in [4.78, 5) is 42.1. The minimum atomic E-state index is -0.864. The highest BCUT2D eigenvalue weighted by atomic mass is 35.5. The Kier molecular flexibility index (Phi) is 11.6. The van der Waals surface area contributed by atoms with Crippen LogP contribution in [0, 0.1) is 17.3 Å². The van der Waals surface area contributed by atoms with Gasteiger partial charge in [0.15, 0.2) is 0 Å². The van der Waals surface area contributed by atoms with Crippen molar-refractivity contribution in [2.24, 2.45) is 23.0 Å². The molecule has 0 bridgehead atoms. The minimum Gasteiger partial charge on any atom is -0.390 e. The summed E-state index contributed by atoms with van der Waals surface area (Å²) < 4.78 is 0. The van der Waals surface area contributed by atoms with E-state index in [2.05, 4.69) is 31.4 Å². The lowest BCUT2D eigenvalue weighted by Crippen LogP contribution is -2.55. The molecular weight excluding hydrogens is 540 g/mol. The van der Waals surface area contributed by atoms with Crippen LogP contribution < -0.4 is 16.4 Å². The van der Waals surface area contributed by atoms with Gasteiger partial charge in [-0.25, -0.2) is 0 Å². The molecule has 2 aliphatic rings. The van der Waals surface area contributed by atoms with Crippen LogP contribution in [0.15, 0.2) is 42.5 Å². The number of nitrogens with zero attached hydrogens (tertiary/aromatic N) is 1. The topological polar surface area (TPSA) is 125 Å². The zero-order valence-electron chi connectivity index (χ0n) is 24.6. The fourth-order valence-electron chi connectivity index (χ4n) is 6.25. The van der Waals surface area contributed by atoms with Crippen LogP contribution >= 0.6 is 12.4 Å². The van der Waals surface area contributed by atoms with Crippen molar-refractivity contribution in [1.82, 2.24) is 15.5 Å². The van der Waals surface area contributed by atoms with Crippen LogP contribution in [0.4, 0.5) is 0 Å². The first kappa shape index (κ1) is 32.8. The van der Waals surface area contributed by atoms with Gasteiger partial charge in [-0.1, -0.05) is 63.2 Å². The second kappa shape index (κ2) is 14.5. The molecule has 8 nitrogen and oxygen atoms in total. The average Bonchev–Trinajstić information content (AvgIpc) is 3.44. The lowest BCUT2D eigenvalue weighted by atomic mass is 9.69. The van der Waals surface area contributed by atoms with E-state index < -0.39 is 18.2 Å². The lowest BCUT2D eigenvalue weighted by molar-refractivity contribution is -0.143. The monoisotopic (exact) mass is 586 g/mol. The van der Waals surface area contributed by atoms with Gasteiger partial charge in [-0.15, -0.1) is 12.4 Å². The molecule has 41 heavy (non-hydrogen) atoms. The summed E-state index contributed by atoms with van der Waals surface area (Å²) in [6.07, 6.45) is 4.58. The van der Waals surface area contributed by atoms with Crippen molar-refractivity contribution in [2.75, 3.05) is 19.6 Å². The van der Waals surface area contributed by atoms with Gasteiger partial charge in [-0.3, -0.25) is 14.4 Å². The van der Waals surface area contributed by atoms with Crippen LogP contribution in [0.2, 0.25) is 0 Å². The van der Waals surface area contributed by atoms with E-state index in [1.165, 1.54) is 0 Å². The van der Waals surface area contributed by atoms with Crippen LogP contribution in [0.25, 0.3) is 10.8 Å². The number of amides is 3. The number of nitrogens with one attached hydrogen (secondary N) is 2. The molecular formula is C32H47ClN4O4. The molecule has 1 aliphatic heterocycles. The highest BCUT2D eigenvalue weighted by Gasteiger charge is 2.40. The Bertz CT molecular complexity index is 1190. The van der Waals surface area contributed by atoms with Gasteiger partial charge in [-0.05, 0) is 66.2 Å². The standard InChI is InChI=1S/C32H46N4O4.ClH/c1-32(2,3)25-14-12-23(13-15-25)31(40)36-16-6-9-28(36)30(39)35-27(29(38)34-20-26(37)19-33)18-21-10-11-22-7-4-5-8-24(22)17-21;/h4-5,7-8,10-11,17,23,25-28,37H,6,9,12-16,18-20,33H2,1-3H3,(H,34,38)(H,35,39);1H/t23?,25?,26?,27-,28+;/m1./s1. The summed E-state index contributed by atoms with van der Waals surface area (Å²) in [6, 6.07) is 12.6. The van der Waals surface area contributed by atoms with Crippen molar-refractivity contribution in [1.29, 1.82) is 0 Å². The number of rotatable bonds is 9. The van der Waals surface area contributed by atoms with Gasteiger partial charge in [0.05, 0.1) is 6.10 Å². The number of halogens is 1. The number of aliphatic hydroxyl groups is 1. The molecule has 1 aliphatic carbocycles. The predicted molar refractivity (Wildman–Crippen MR) is 165 cm³/mol. The molecule has 226 valence electrons. The SMILES string of the molecule is CC(C)(C)C1CCC(C(=O)N2CCC[C@H]2C(=O)N[C@H](Cc2ccc3ccccc3c2)C(=O)NCC(O)CN)CC1.Cl. The van der Waals surface area contributed by atoms with Gasteiger partial charge >= 0.3 is 0 Å². The van der Waals surface area contributed by atoms with Crippen molar-refractivity contribution < 1.29 is 19.5 Å². The van der Waals surface area contributed by atoms with E-state index in [0.717, 1.165) is 48.4 Å². The van der Waals surface area contributed by atoms with Crippen LogP contribution in [0.3, 0.4) is 0 Å². The molecule has 0 radical (unpaired) electrons. The summed E-state index contributed by atoms with van der Waals surface area (Å²) in [7, 11) is 0. The first-order valence-electron chi connectivity index (χ1n) is 14.8. The largest absolute Gasteiger partial charge is 0.390 e. The van der Waals surface area contributed by atoms with E-state index in [0.29, 0.717) is 25.3 Å². The Labute approximate surface area is 250 Å². The highest BCUT2D eigenvalue weighted by molar-refractivity contribution is 5.93. The van der Waals surface area contributed by atoms with E-state index in [-0.39, 0.29) is 54.6 Å². The Balaban J connectivity index is 0.00000462. The molecule has 9 heteroatoms. The lowest BCUT2D eigenvalue weighted by Gasteiger charge is -2.38. The number of carbonyl (C=O) groups is 3. The van der Waals surface area contributed by atoms with Crippen LogP contribution in [-0.4, -0.2) is 65.5 Å². The molecule has 1 unspecified atom stereocenters. The summed E-state index contributed by atoms with van der Waals surface area (Å²) in [6.45, 7) is 7.40. The zero-order valence-corrected chi connectivity index (χ0v) is 25.4. The Hall–Kier alpha value is -2.68. The average molecular weight is 587 g/mol. The number of hydrogen-bond acceptors (Lipinski definition) is 5. The quantitative estimate of drug-likeness (QED) is 0.357. The van der Waals surface area contributed by atoms with Crippen molar-refractivity contribution in [3.63, 3.8) is 0 Å². The second-order valence-corrected chi connectivity index (χ2v) is 12.7. The third-order valence-electron chi connectivity index (χ3n) is 8.81. The van der Waals surface area contributed by atoms with Crippen molar-refractivity contribution in [2.45, 2.75) is 83.9 Å². The molecule has 0 aromatic heterocycles. The third-order valence-corrected chi connectivity index (χ3v) is 8.81. The molecule has 2 aromatic carbocycles. The maximum Gasteiger partial charge on any atom is 0.243 e. The van der Waals surface area contributed by atoms with Crippen LogP contribution in [0.1, 0.15) is 64.9 Å². The van der Waals surface area contributed by atoms with Crippen LogP contribution in [-0.2, 0) is 20.8 Å². The van der Waals surface area contributed by atoms with Crippen molar-refractivity contribution >= 4 is 40.9 Å². The molecule has 3 atom stereocenters. The Morgan fingerprint density at radius 3 is 2.37 bits per heavy atom. The molecule has 5 N–H and O–H groups in total. The van der Waals surface area contributed by atoms with Gasteiger partial charge in [0.1, 0.15) is 12.1 Å². The summed E-state index contributed by atoms with van der Waals surface area (Å²) in [5.41, 5.74) is 6.65. The van der Waals surface area contributed by atoms with E-state index in [9.17, 15) is 19.5 Å². The number of nitrogens with two attached hydrogens (primary N) is 1. The summed E-state index contributed by atoms with van der Waals surface area (Å²) >= 11 is 0. The van der Waals surface area contributed by atoms with Crippen molar-refractivity contribution in [3.8, 4) is 0 Å². The third kappa shape index (κ3) is 8.43. The molecule has 1 saturated heterocycles. The maximum atomic E-state index is 13.6. The van der Waals surface area contributed by atoms with Gasteiger partial charge in [0.25, 0.3) is 0 Å². The molecule has 1 heterocycles. The van der Waals surface area contributed by atoms with Gasteiger partial charge < -0.3 is 26.4 Å². The summed E-state index contributed by atoms with van der Waals surface area (Å²) in [5, 5.41) is 17.7. The Morgan fingerprint density at radius 2 is 1.71 bits per heavy atom. The first-order valence-corrected chi connectivity index (χ1v) is 14.8. The number of likely N-dealkylation sites (tertiary alicyclic amines) is 1. The van der Waals surface area contributed by atoms with E-state index in [1.54, 1.807) is 4.90 Å². The number of fused-ring (bicyclic) bond motifs is 1. The number of carbonyl (C=O) groups excluding carboxylic acids is 3. The minimum absolute atomic E-state index is 0. The van der Waals surface area contributed by atoms with Gasteiger partial charge in [-0.2, -0.15) is 0 Å². The van der Waals surface area contributed by atoms with E-state index >= 15 is 0 Å². The molecule has 1 saturated carbocycles. The van der Waals surface area contributed by atoms with Crippen molar-refractivity contribution in [3.05, 3.63) is 48.0 Å². The van der Waals surface area contributed by atoms with Gasteiger partial charge in [0.2, 0.25) is 17.7 Å². The maximum absolute atomic E-state index is 13.6. The summed E-state index contributed by atoms with van der Waals surface area (Å²) in [5.74, 6) is -0.0330. The molecule has 3 amide bonds. The number of hydrogen-bond donors (Lipinski definition) is 4. The van der Waals surface area contributed by atoms with E-state index in [4.69, 9.17) is 5.73 Å². The predicted octanol–water partition coefficient (Wildman–Crippen LogP) is 3.57. The molecule has 2 aromatic rings. The number of aliphatic hydroxyl groups excluding tert-OH is 1. The fourth-order valence-corrected chi connectivity index (χ4v) is 6.25. The zero-order chi connectivity index (χ0) is 28.9. The molecule has 4 rings (SSSR count). The first-order chi connectivity index (χ1) is 19.1. The molecule has 2 fully saturated rings. The fraction of sp³-hybridized carbons (Fsp3) is 0.594. The highest BCUT2D eigenvalue weighted by Crippen LogP contribution is 2.40. The normalized spacial score (nSPS) is 22.5. The van der Waals surface area contributed by atoms with Gasteiger partial charge in [0, 0.05) is 32.0 Å². The molecule has 0 spiro atoms.